The number of aryl methyl sites for hydroxylation is 1. The first-order valence-corrected chi connectivity index (χ1v) is 8.42. The van der Waals surface area contributed by atoms with Crippen LogP contribution in [0.1, 0.15) is 29.8 Å². The number of hydrogen-bond acceptors (Lipinski definition) is 4. The van der Waals surface area contributed by atoms with Crippen molar-refractivity contribution in [3.05, 3.63) is 63.4 Å². The van der Waals surface area contributed by atoms with Gasteiger partial charge in [0, 0.05) is 21.9 Å². The molecule has 1 aromatic carbocycles. The van der Waals surface area contributed by atoms with Crippen molar-refractivity contribution in [1.82, 2.24) is 10.3 Å². The third-order valence-corrected chi connectivity index (χ3v) is 4.05. The highest BCUT2D eigenvalue weighted by atomic mass is 35.5. The topological polar surface area (TPSA) is 68.3 Å². The average Bonchev–Trinajstić information content (AvgIpc) is 2.55. The Kier molecular flexibility index (Phi) is 6.79. The molecule has 1 unspecified atom stereocenters. The molecule has 1 N–H and O–H groups in total. The molecule has 0 bridgehead atoms. The normalized spacial score (nSPS) is 11.7. The lowest BCUT2D eigenvalue weighted by atomic mass is 10.1. The van der Waals surface area contributed by atoms with Crippen LogP contribution >= 0.6 is 23.2 Å². The third kappa shape index (κ3) is 6.03. The second-order valence-electron chi connectivity index (χ2n) is 5.60. The molecule has 0 saturated heterocycles. The molecule has 25 heavy (non-hydrogen) atoms. The summed E-state index contributed by atoms with van der Waals surface area (Å²) in [5.41, 5.74) is 2.33. The van der Waals surface area contributed by atoms with Crippen LogP contribution in [0.25, 0.3) is 0 Å². The zero-order chi connectivity index (χ0) is 18.4. The predicted octanol–water partition coefficient (Wildman–Crippen LogP) is 3.66. The third-order valence-electron chi connectivity index (χ3n) is 3.49. The first-order chi connectivity index (χ1) is 11.8. The van der Waals surface area contributed by atoms with Gasteiger partial charge in [-0.2, -0.15) is 0 Å². The Bertz CT molecular complexity index is 763. The van der Waals surface area contributed by atoms with Crippen molar-refractivity contribution in [2.45, 2.75) is 26.3 Å². The number of rotatable bonds is 6. The summed E-state index contributed by atoms with van der Waals surface area (Å²) in [5, 5.41) is 3.71. The summed E-state index contributed by atoms with van der Waals surface area (Å²) in [5.74, 6) is -0.896. The number of pyridine rings is 1. The number of nitrogens with one attached hydrogen (secondary N) is 1. The average molecular weight is 381 g/mol. The first-order valence-electron chi connectivity index (χ1n) is 7.66. The van der Waals surface area contributed by atoms with Crippen LogP contribution in [0.3, 0.4) is 0 Å². The number of aromatic nitrogens is 1. The summed E-state index contributed by atoms with van der Waals surface area (Å²) in [7, 11) is 0. The number of halogens is 2. The SMILES string of the molecule is Cc1ccc(CC(=O)OCC(=O)NC(C)c2ccc(Cl)cc2Cl)cn1. The summed E-state index contributed by atoms with van der Waals surface area (Å²) in [4.78, 5) is 27.8. The molecule has 2 rings (SSSR count). The largest absolute Gasteiger partial charge is 0.455 e. The molecule has 0 saturated carbocycles. The summed E-state index contributed by atoms with van der Waals surface area (Å²) in [6.07, 6.45) is 1.68. The molecule has 1 amide bonds. The van der Waals surface area contributed by atoms with E-state index >= 15 is 0 Å². The van der Waals surface area contributed by atoms with Crippen molar-refractivity contribution in [1.29, 1.82) is 0 Å². The van der Waals surface area contributed by atoms with Crippen molar-refractivity contribution < 1.29 is 14.3 Å². The number of ether oxygens (including phenoxy) is 1. The molecular weight excluding hydrogens is 363 g/mol. The summed E-state index contributed by atoms with van der Waals surface area (Å²) >= 11 is 12.0. The highest BCUT2D eigenvalue weighted by molar-refractivity contribution is 6.35. The van der Waals surface area contributed by atoms with E-state index < -0.39 is 11.9 Å². The van der Waals surface area contributed by atoms with E-state index in [0.717, 1.165) is 16.8 Å². The Hall–Kier alpha value is -2.11. The van der Waals surface area contributed by atoms with Gasteiger partial charge in [0.05, 0.1) is 12.5 Å². The summed E-state index contributed by atoms with van der Waals surface area (Å²) < 4.78 is 4.99. The van der Waals surface area contributed by atoms with Crippen LogP contribution in [-0.2, 0) is 20.7 Å². The summed E-state index contributed by atoms with van der Waals surface area (Å²) in [6.45, 7) is 3.29. The smallest absolute Gasteiger partial charge is 0.310 e. The second-order valence-corrected chi connectivity index (χ2v) is 6.44. The van der Waals surface area contributed by atoms with E-state index in [2.05, 4.69) is 10.3 Å². The second kappa shape index (κ2) is 8.83. The maximum absolute atomic E-state index is 11.9. The van der Waals surface area contributed by atoms with Crippen LogP contribution in [0.15, 0.2) is 36.5 Å². The lowest BCUT2D eigenvalue weighted by molar-refractivity contribution is -0.148. The monoisotopic (exact) mass is 380 g/mol. The van der Waals surface area contributed by atoms with Crippen molar-refractivity contribution in [3.8, 4) is 0 Å². The lowest BCUT2D eigenvalue weighted by Crippen LogP contribution is -2.31. The predicted molar refractivity (Wildman–Crippen MR) is 96.7 cm³/mol. The minimum atomic E-state index is -0.488. The first kappa shape index (κ1) is 19.2. The molecule has 0 radical (unpaired) electrons. The molecule has 0 aliphatic rings. The van der Waals surface area contributed by atoms with Gasteiger partial charge in [-0.1, -0.05) is 35.3 Å². The van der Waals surface area contributed by atoms with E-state index in [-0.39, 0.29) is 19.1 Å². The number of benzene rings is 1. The standard InChI is InChI=1S/C18H18Cl2N2O3/c1-11-3-4-13(9-21-11)7-18(24)25-10-17(23)22-12(2)15-6-5-14(19)8-16(15)20/h3-6,8-9,12H,7,10H2,1-2H3,(H,22,23). The highest BCUT2D eigenvalue weighted by Gasteiger charge is 2.14. The number of carbonyl (C=O) groups is 2. The molecule has 1 atom stereocenters. The van der Waals surface area contributed by atoms with Gasteiger partial charge in [-0.3, -0.25) is 14.6 Å². The van der Waals surface area contributed by atoms with Crippen molar-refractivity contribution in [2.24, 2.45) is 0 Å². The molecule has 0 spiro atoms. The number of esters is 1. The van der Waals surface area contributed by atoms with E-state index in [1.807, 2.05) is 13.0 Å². The van der Waals surface area contributed by atoms with Crippen LogP contribution in [0.2, 0.25) is 10.0 Å². The fourth-order valence-corrected chi connectivity index (χ4v) is 2.75. The van der Waals surface area contributed by atoms with E-state index in [0.29, 0.717) is 10.0 Å². The Morgan fingerprint density at radius 3 is 2.64 bits per heavy atom. The fraction of sp³-hybridized carbons (Fsp3) is 0.278. The minimum Gasteiger partial charge on any atom is -0.455 e. The van der Waals surface area contributed by atoms with Crippen molar-refractivity contribution in [3.63, 3.8) is 0 Å². The molecule has 5 nitrogen and oxygen atoms in total. The minimum absolute atomic E-state index is 0.0686. The Balaban J connectivity index is 1.81. The van der Waals surface area contributed by atoms with Crippen LogP contribution in [0.5, 0.6) is 0 Å². The van der Waals surface area contributed by atoms with Crippen LogP contribution in [0.4, 0.5) is 0 Å². The van der Waals surface area contributed by atoms with Gasteiger partial charge in [0.2, 0.25) is 0 Å². The van der Waals surface area contributed by atoms with Gasteiger partial charge in [0.25, 0.3) is 5.91 Å². The van der Waals surface area contributed by atoms with Gasteiger partial charge in [-0.15, -0.1) is 0 Å². The van der Waals surface area contributed by atoms with E-state index in [4.69, 9.17) is 27.9 Å². The zero-order valence-electron chi connectivity index (χ0n) is 13.9. The molecule has 0 fully saturated rings. The zero-order valence-corrected chi connectivity index (χ0v) is 15.4. The molecule has 132 valence electrons. The van der Waals surface area contributed by atoms with E-state index in [1.54, 1.807) is 37.4 Å². The molecule has 1 aromatic heterocycles. The quantitative estimate of drug-likeness (QED) is 0.776. The maximum atomic E-state index is 11.9. The molecule has 7 heteroatoms. The van der Waals surface area contributed by atoms with Crippen LogP contribution < -0.4 is 5.32 Å². The van der Waals surface area contributed by atoms with Crippen LogP contribution in [0, 0.1) is 6.92 Å². The molecule has 1 heterocycles. The number of carbonyl (C=O) groups excluding carboxylic acids is 2. The van der Waals surface area contributed by atoms with Gasteiger partial charge in [-0.05, 0) is 43.2 Å². The Labute approximate surface area is 156 Å². The van der Waals surface area contributed by atoms with E-state index in [1.165, 1.54) is 0 Å². The van der Waals surface area contributed by atoms with Crippen molar-refractivity contribution in [2.75, 3.05) is 6.61 Å². The lowest BCUT2D eigenvalue weighted by Gasteiger charge is -2.16. The van der Waals surface area contributed by atoms with Gasteiger partial charge in [-0.25, -0.2) is 0 Å². The molecule has 0 aliphatic carbocycles. The van der Waals surface area contributed by atoms with Crippen molar-refractivity contribution >= 4 is 35.1 Å². The van der Waals surface area contributed by atoms with Gasteiger partial charge in [0.15, 0.2) is 6.61 Å². The van der Waals surface area contributed by atoms with Gasteiger partial charge < -0.3 is 10.1 Å². The highest BCUT2D eigenvalue weighted by Crippen LogP contribution is 2.25. The van der Waals surface area contributed by atoms with E-state index in [9.17, 15) is 9.59 Å². The van der Waals surface area contributed by atoms with Crippen LogP contribution in [-0.4, -0.2) is 23.5 Å². The van der Waals surface area contributed by atoms with Gasteiger partial charge in [0.1, 0.15) is 0 Å². The van der Waals surface area contributed by atoms with Gasteiger partial charge >= 0.3 is 5.97 Å². The number of nitrogens with zero attached hydrogens (tertiary/aromatic N) is 1. The maximum Gasteiger partial charge on any atom is 0.310 e. The Morgan fingerprint density at radius 1 is 1.24 bits per heavy atom. The number of hydrogen-bond donors (Lipinski definition) is 1. The molecule has 2 aromatic rings. The Morgan fingerprint density at radius 2 is 2.00 bits per heavy atom. The summed E-state index contributed by atoms with van der Waals surface area (Å²) in [6, 6.07) is 8.32. The molecular formula is C18H18Cl2N2O3. The molecule has 0 aliphatic heterocycles. The fourth-order valence-electron chi connectivity index (χ4n) is 2.18. The number of amides is 1.